The maximum absolute atomic E-state index is 5.09. The van der Waals surface area contributed by atoms with Gasteiger partial charge in [-0.05, 0) is 6.42 Å². The fourth-order valence-electron chi connectivity index (χ4n) is 1.09. The molecule has 0 aliphatic rings. The van der Waals surface area contributed by atoms with E-state index < -0.39 is 0 Å². The Morgan fingerprint density at radius 1 is 1.50 bits per heavy atom. The topological polar surface area (TPSA) is 47.0 Å². The molecule has 1 heterocycles. The number of aromatic nitrogens is 2. The van der Waals surface area contributed by atoms with E-state index in [-0.39, 0.29) is 0 Å². The Morgan fingerprint density at radius 3 is 2.79 bits per heavy atom. The maximum atomic E-state index is 5.09. The molecule has 80 valence electrons. The molecule has 0 aliphatic heterocycles. The fourth-order valence-corrected chi connectivity index (χ4v) is 1.82. The molecule has 0 amide bonds. The summed E-state index contributed by atoms with van der Waals surface area (Å²) in [5, 5.41) is 4.20. The fraction of sp³-hybridized carbons (Fsp3) is 0.778. The molecule has 0 saturated heterocycles. The summed E-state index contributed by atoms with van der Waals surface area (Å²) in [6.45, 7) is 4.88. The normalized spacial score (nSPS) is 12.8. The quantitative estimate of drug-likeness (QED) is 0.787. The first-order valence-corrected chi connectivity index (χ1v) is 5.65. The van der Waals surface area contributed by atoms with Gasteiger partial charge in [-0.3, -0.25) is 0 Å². The van der Waals surface area contributed by atoms with E-state index >= 15 is 0 Å². The van der Waals surface area contributed by atoms with Crippen LogP contribution in [0.2, 0.25) is 0 Å². The zero-order valence-corrected chi connectivity index (χ0v) is 9.73. The molecule has 0 aliphatic carbocycles. The van der Waals surface area contributed by atoms with Crippen LogP contribution in [0.1, 0.15) is 26.1 Å². The van der Waals surface area contributed by atoms with Gasteiger partial charge in [0.15, 0.2) is 0 Å². The molecule has 1 N–H and O–H groups in total. The minimum atomic E-state index is 0.331. The highest BCUT2D eigenvalue weighted by Crippen LogP contribution is 2.13. The largest absolute Gasteiger partial charge is 0.383 e. The molecule has 0 spiro atoms. The third-order valence-electron chi connectivity index (χ3n) is 1.97. The first-order valence-electron chi connectivity index (χ1n) is 4.88. The predicted molar refractivity (Wildman–Crippen MR) is 58.9 cm³/mol. The molecular weight excluding hydrogens is 198 g/mol. The summed E-state index contributed by atoms with van der Waals surface area (Å²) in [4.78, 5) is 4.34. The van der Waals surface area contributed by atoms with E-state index in [2.05, 4.69) is 28.5 Å². The van der Waals surface area contributed by atoms with Crippen molar-refractivity contribution in [3.63, 3.8) is 0 Å². The van der Waals surface area contributed by atoms with E-state index in [1.165, 1.54) is 11.5 Å². The Bertz CT molecular complexity index is 264. The van der Waals surface area contributed by atoms with E-state index in [1.807, 2.05) is 0 Å². The van der Waals surface area contributed by atoms with Crippen LogP contribution >= 0.6 is 11.5 Å². The van der Waals surface area contributed by atoms with E-state index in [0.717, 1.165) is 23.8 Å². The lowest BCUT2D eigenvalue weighted by Gasteiger charge is -2.13. The standard InChI is InChI=1S/C9H17N3OS/c1-4-7(6-13-3)10-9-11-8(5-2)12-14-9/h7H,4-6H2,1-3H3,(H,10,11,12). The van der Waals surface area contributed by atoms with Crippen molar-refractivity contribution < 1.29 is 4.74 Å². The molecule has 1 rings (SSSR count). The molecule has 0 aromatic carbocycles. The summed E-state index contributed by atoms with van der Waals surface area (Å²) >= 11 is 1.42. The summed E-state index contributed by atoms with van der Waals surface area (Å²) in [5.41, 5.74) is 0. The SMILES string of the molecule is CCc1nsc(NC(CC)COC)n1. The lowest BCUT2D eigenvalue weighted by Crippen LogP contribution is -2.23. The number of hydrogen-bond donors (Lipinski definition) is 1. The number of anilines is 1. The van der Waals surface area contributed by atoms with Gasteiger partial charge in [-0.25, -0.2) is 4.98 Å². The Labute approximate surface area is 88.9 Å². The Morgan fingerprint density at radius 2 is 2.29 bits per heavy atom. The summed E-state index contributed by atoms with van der Waals surface area (Å²) < 4.78 is 9.30. The Kier molecular flexibility index (Phi) is 4.82. The minimum absolute atomic E-state index is 0.331. The lowest BCUT2D eigenvalue weighted by molar-refractivity contribution is 0.184. The zero-order chi connectivity index (χ0) is 10.4. The van der Waals surface area contributed by atoms with Gasteiger partial charge in [-0.2, -0.15) is 4.37 Å². The molecule has 0 radical (unpaired) electrons. The molecule has 1 atom stereocenters. The van der Waals surface area contributed by atoms with Crippen LogP contribution in [-0.4, -0.2) is 29.1 Å². The highest BCUT2D eigenvalue weighted by molar-refractivity contribution is 7.09. The van der Waals surface area contributed by atoms with E-state index in [9.17, 15) is 0 Å². The number of methoxy groups -OCH3 is 1. The summed E-state index contributed by atoms with van der Waals surface area (Å²) in [6.07, 6.45) is 1.91. The molecule has 0 fully saturated rings. The van der Waals surface area contributed by atoms with Crippen LogP contribution in [0, 0.1) is 0 Å². The average Bonchev–Trinajstić information content (AvgIpc) is 2.65. The average molecular weight is 215 g/mol. The molecule has 14 heavy (non-hydrogen) atoms. The summed E-state index contributed by atoms with van der Waals surface area (Å²) in [6, 6.07) is 0.331. The van der Waals surface area contributed by atoms with Crippen molar-refractivity contribution in [3.05, 3.63) is 5.82 Å². The van der Waals surface area contributed by atoms with Crippen LogP contribution in [0.25, 0.3) is 0 Å². The van der Waals surface area contributed by atoms with Crippen molar-refractivity contribution in [2.45, 2.75) is 32.7 Å². The van der Waals surface area contributed by atoms with Crippen LogP contribution in [0.3, 0.4) is 0 Å². The van der Waals surface area contributed by atoms with Crippen LogP contribution in [0.15, 0.2) is 0 Å². The predicted octanol–water partition coefficient (Wildman–Crippen LogP) is 1.94. The van der Waals surface area contributed by atoms with Gasteiger partial charge in [-0.1, -0.05) is 13.8 Å². The van der Waals surface area contributed by atoms with Gasteiger partial charge in [0.1, 0.15) is 5.82 Å². The van der Waals surface area contributed by atoms with E-state index in [1.54, 1.807) is 7.11 Å². The second kappa shape index (κ2) is 5.93. The van der Waals surface area contributed by atoms with Gasteiger partial charge in [0.05, 0.1) is 12.6 Å². The Hall–Kier alpha value is -0.680. The summed E-state index contributed by atoms with van der Waals surface area (Å²) in [7, 11) is 1.71. The van der Waals surface area contributed by atoms with Crippen molar-refractivity contribution in [1.29, 1.82) is 0 Å². The smallest absolute Gasteiger partial charge is 0.202 e. The van der Waals surface area contributed by atoms with Crippen molar-refractivity contribution in [2.75, 3.05) is 19.0 Å². The third-order valence-corrected chi connectivity index (χ3v) is 2.66. The van der Waals surface area contributed by atoms with Gasteiger partial charge in [0, 0.05) is 25.1 Å². The zero-order valence-electron chi connectivity index (χ0n) is 8.91. The number of nitrogens with one attached hydrogen (secondary N) is 1. The lowest BCUT2D eigenvalue weighted by atomic mass is 10.2. The van der Waals surface area contributed by atoms with E-state index in [4.69, 9.17) is 4.74 Å². The number of hydrogen-bond acceptors (Lipinski definition) is 5. The second-order valence-corrected chi connectivity index (χ2v) is 3.83. The molecule has 5 heteroatoms. The highest BCUT2D eigenvalue weighted by Gasteiger charge is 2.08. The van der Waals surface area contributed by atoms with E-state index in [0.29, 0.717) is 12.6 Å². The molecular formula is C9H17N3OS. The van der Waals surface area contributed by atoms with Crippen molar-refractivity contribution >= 4 is 16.7 Å². The van der Waals surface area contributed by atoms with Gasteiger partial charge in [0.25, 0.3) is 0 Å². The third kappa shape index (κ3) is 3.23. The number of ether oxygens (including phenoxy) is 1. The maximum Gasteiger partial charge on any atom is 0.202 e. The van der Waals surface area contributed by atoms with Gasteiger partial charge in [-0.15, -0.1) is 0 Å². The van der Waals surface area contributed by atoms with Crippen LogP contribution in [0.5, 0.6) is 0 Å². The van der Waals surface area contributed by atoms with Gasteiger partial charge >= 0.3 is 0 Å². The Balaban J connectivity index is 2.48. The number of nitrogens with zero attached hydrogens (tertiary/aromatic N) is 2. The molecule has 1 aromatic rings. The number of aryl methyl sites for hydroxylation is 1. The molecule has 0 saturated carbocycles. The van der Waals surface area contributed by atoms with Crippen molar-refractivity contribution in [2.24, 2.45) is 0 Å². The van der Waals surface area contributed by atoms with Crippen molar-refractivity contribution in [3.8, 4) is 0 Å². The van der Waals surface area contributed by atoms with Gasteiger partial charge in [0.2, 0.25) is 5.13 Å². The van der Waals surface area contributed by atoms with Gasteiger partial charge < -0.3 is 10.1 Å². The monoisotopic (exact) mass is 215 g/mol. The first kappa shape index (κ1) is 11.4. The second-order valence-electron chi connectivity index (χ2n) is 3.07. The highest BCUT2D eigenvalue weighted by atomic mass is 32.1. The van der Waals surface area contributed by atoms with Crippen LogP contribution in [0.4, 0.5) is 5.13 Å². The summed E-state index contributed by atoms with van der Waals surface area (Å²) in [5.74, 6) is 0.907. The molecule has 4 nitrogen and oxygen atoms in total. The van der Waals surface area contributed by atoms with Crippen LogP contribution in [-0.2, 0) is 11.2 Å². The molecule has 1 unspecified atom stereocenters. The molecule has 1 aromatic heterocycles. The first-order chi connectivity index (χ1) is 6.80. The number of rotatable bonds is 6. The van der Waals surface area contributed by atoms with Crippen LogP contribution < -0.4 is 5.32 Å². The minimum Gasteiger partial charge on any atom is -0.383 e. The van der Waals surface area contributed by atoms with Crippen molar-refractivity contribution in [1.82, 2.24) is 9.36 Å². The molecule has 0 bridgehead atoms.